The lowest BCUT2D eigenvalue weighted by Crippen LogP contribution is -2.19. The van der Waals surface area contributed by atoms with Crippen molar-refractivity contribution in [3.05, 3.63) is 48.5 Å². The molecule has 0 bridgehead atoms. The van der Waals surface area contributed by atoms with Gasteiger partial charge in [-0.05, 0) is 61.4 Å². The molecule has 0 radical (unpaired) electrons. The summed E-state index contributed by atoms with van der Waals surface area (Å²) in [5, 5.41) is 5.55. The molecule has 6 nitrogen and oxygen atoms in total. The first-order valence-corrected chi connectivity index (χ1v) is 11.2. The first-order valence-electron chi connectivity index (χ1n) is 9.76. The standard InChI is InChI=1S/C22H28N2O4S/c1-5-15(3)21(25)23-17-7-11-19(12-8-17)29(27,28)20-13-9-18(10-14-20)24-22(26)16(4)6-2/h7-16H,5-6H2,1-4H3,(H,23,25)(H,24,26)/t15-,16+. The molecule has 2 aromatic carbocycles. The van der Waals surface area contributed by atoms with Gasteiger partial charge < -0.3 is 10.6 Å². The quantitative estimate of drug-likeness (QED) is 0.663. The average Bonchev–Trinajstić information content (AvgIpc) is 2.73. The van der Waals surface area contributed by atoms with Crippen LogP contribution in [-0.2, 0) is 19.4 Å². The van der Waals surface area contributed by atoms with E-state index in [1.165, 1.54) is 24.3 Å². The van der Waals surface area contributed by atoms with Gasteiger partial charge in [0.2, 0.25) is 21.7 Å². The van der Waals surface area contributed by atoms with Gasteiger partial charge in [0, 0.05) is 23.2 Å². The number of nitrogens with one attached hydrogen (secondary N) is 2. The first-order chi connectivity index (χ1) is 13.7. The Labute approximate surface area is 172 Å². The Balaban J connectivity index is 2.14. The minimum Gasteiger partial charge on any atom is -0.326 e. The van der Waals surface area contributed by atoms with E-state index in [0.717, 1.165) is 12.8 Å². The van der Waals surface area contributed by atoms with Gasteiger partial charge in [-0.3, -0.25) is 9.59 Å². The third kappa shape index (κ3) is 5.67. The monoisotopic (exact) mass is 416 g/mol. The molecule has 2 N–H and O–H groups in total. The second kappa shape index (κ2) is 9.69. The van der Waals surface area contributed by atoms with Crippen LogP contribution in [0.4, 0.5) is 11.4 Å². The van der Waals surface area contributed by atoms with Crippen LogP contribution in [0.15, 0.2) is 58.3 Å². The molecule has 0 spiro atoms. The highest BCUT2D eigenvalue weighted by molar-refractivity contribution is 7.91. The second-order valence-corrected chi connectivity index (χ2v) is 9.10. The zero-order chi connectivity index (χ0) is 21.6. The Morgan fingerprint density at radius 3 is 1.31 bits per heavy atom. The molecule has 0 heterocycles. The lowest BCUT2D eigenvalue weighted by atomic mass is 10.1. The van der Waals surface area contributed by atoms with Crippen LogP contribution in [0, 0.1) is 11.8 Å². The smallest absolute Gasteiger partial charge is 0.227 e. The van der Waals surface area contributed by atoms with E-state index in [2.05, 4.69) is 10.6 Å². The first kappa shape index (κ1) is 22.6. The second-order valence-electron chi connectivity index (χ2n) is 7.15. The van der Waals surface area contributed by atoms with Crippen molar-refractivity contribution in [2.24, 2.45) is 11.8 Å². The minimum atomic E-state index is -3.70. The van der Waals surface area contributed by atoms with Crippen molar-refractivity contribution in [2.75, 3.05) is 10.6 Å². The predicted molar refractivity (Wildman–Crippen MR) is 115 cm³/mol. The number of amides is 2. The lowest BCUT2D eigenvalue weighted by Gasteiger charge is -2.12. The number of anilines is 2. The molecular formula is C22H28N2O4S. The zero-order valence-corrected chi connectivity index (χ0v) is 18.0. The maximum Gasteiger partial charge on any atom is 0.227 e. The normalized spacial score (nSPS) is 13.4. The molecular weight excluding hydrogens is 388 g/mol. The van der Waals surface area contributed by atoms with E-state index in [0.29, 0.717) is 11.4 Å². The molecule has 2 atom stereocenters. The number of benzene rings is 2. The molecule has 0 aliphatic rings. The predicted octanol–water partition coefficient (Wildman–Crippen LogP) is 4.49. The highest BCUT2D eigenvalue weighted by Gasteiger charge is 2.18. The fraction of sp³-hybridized carbons (Fsp3) is 0.364. The van der Waals surface area contributed by atoms with E-state index in [-0.39, 0.29) is 33.4 Å². The van der Waals surface area contributed by atoms with Gasteiger partial charge in [0.1, 0.15) is 0 Å². The molecule has 0 aliphatic carbocycles. The van der Waals surface area contributed by atoms with Crippen molar-refractivity contribution in [1.29, 1.82) is 0 Å². The summed E-state index contributed by atoms with van der Waals surface area (Å²) in [6.45, 7) is 7.54. The molecule has 0 saturated heterocycles. The van der Waals surface area contributed by atoms with Crippen molar-refractivity contribution >= 4 is 33.0 Å². The molecule has 29 heavy (non-hydrogen) atoms. The highest BCUT2D eigenvalue weighted by atomic mass is 32.2. The fourth-order valence-corrected chi connectivity index (χ4v) is 3.73. The van der Waals surface area contributed by atoms with Crippen LogP contribution in [0.3, 0.4) is 0 Å². The Bertz CT molecular complexity index is 878. The van der Waals surface area contributed by atoms with Gasteiger partial charge >= 0.3 is 0 Å². The van der Waals surface area contributed by atoms with Crippen LogP contribution in [0.2, 0.25) is 0 Å². The molecule has 7 heteroatoms. The number of carbonyl (C=O) groups excluding carboxylic acids is 2. The molecule has 0 aliphatic heterocycles. The van der Waals surface area contributed by atoms with Gasteiger partial charge in [0.25, 0.3) is 0 Å². The maximum atomic E-state index is 12.8. The van der Waals surface area contributed by atoms with E-state index >= 15 is 0 Å². The van der Waals surface area contributed by atoms with E-state index in [4.69, 9.17) is 0 Å². The van der Waals surface area contributed by atoms with Gasteiger partial charge in [-0.1, -0.05) is 27.7 Å². The summed E-state index contributed by atoms with van der Waals surface area (Å²) in [7, 11) is -3.70. The largest absolute Gasteiger partial charge is 0.326 e. The van der Waals surface area contributed by atoms with E-state index in [1.807, 2.05) is 27.7 Å². The van der Waals surface area contributed by atoms with E-state index in [9.17, 15) is 18.0 Å². The fourth-order valence-electron chi connectivity index (χ4n) is 2.47. The highest BCUT2D eigenvalue weighted by Crippen LogP contribution is 2.24. The van der Waals surface area contributed by atoms with Crippen LogP contribution < -0.4 is 10.6 Å². The van der Waals surface area contributed by atoms with Gasteiger partial charge in [0.15, 0.2) is 0 Å². The molecule has 2 rings (SSSR count). The number of rotatable bonds is 8. The maximum absolute atomic E-state index is 12.8. The van der Waals surface area contributed by atoms with E-state index in [1.54, 1.807) is 24.3 Å². The zero-order valence-electron chi connectivity index (χ0n) is 17.2. The third-order valence-electron chi connectivity index (χ3n) is 4.98. The summed E-state index contributed by atoms with van der Waals surface area (Å²) in [6, 6.07) is 12.2. The van der Waals surface area contributed by atoms with Gasteiger partial charge in [0.05, 0.1) is 9.79 Å². The molecule has 2 aromatic rings. The molecule has 0 fully saturated rings. The van der Waals surface area contributed by atoms with E-state index < -0.39 is 9.84 Å². The van der Waals surface area contributed by atoms with Crippen LogP contribution >= 0.6 is 0 Å². The summed E-state index contributed by atoms with van der Waals surface area (Å²) in [6.07, 6.45) is 1.46. The molecule has 0 unspecified atom stereocenters. The average molecular weight is 417 g/mol. The number of carbonyl (C=O) groups is 2. The molecule has 0 saturated carbocycles. The molecule has 0 aromatic heterocycles. The summed E-state index contributed by atoms with van der Waals surface area (Å²) in [5.74, 6) is -0.424. The van der Waals surface area contributed by atoms with Crippen molar-refractivity contribution in [3.8, 4) is 0 Å². The summed E-state index contributed by atoms with van der Waals surface area (Å²) in [5.41, 5.74) is 1.11. The van der Waals surface area contributed by atoms with Crippen LogP contribution in [0.25, 0.3) is 0 Å². The topological polar surface area (TPSA) is 92.3 Å². The number of hydrogen-bond donors (Lipinski definition) is 2. The van der Waals surface area contributed by atoms with Gasteiger partial charge in [-0.25, -0.2) is 8.42 Å². The third-order valence-corrected chi connectivity index (χ3v) is 6.77. The summed E-state index contributed by atoms with van der Waals surface area (Å²) in [4.78, 5) is 24.2. The number of sulfone groups is 1. The Morgan fingerprint density at radius 2 is 1.03 bits per heavy atom. The molecule has 156 valence electrons. The molecule has 2 amide bonds. The minimum absolute atomic E-state index is 0.0989. The van der Waals surface area contributed by atoms with Gasteiger partial charge in [-0.2, -0.15) is 0 Å². The van der Waals surface area contributed by atoms with Crippen molar-refractivity contribution in [1.82, 2.24) is 0 Å². The van der Waals surface area contributed by atoms with Crippen LogP contribution in [-0.4, -0.2) is 20.2 Å². The van der Waals surface area contributed by atoms with Crippen molar-refractivity contribution < 1.29 is 18.0 Å². The van der Waals surface area contributed by atoms with Crippen LogP contribution in [0.1, 0.15) is 40.5 Å². The summed E-state index contributed by atoms with van der Waals surface area (Å²) < 4.78 is 25.7. The Kier molecular flexibility index (Phi) is 7.56. The van der Waals surface area contributed by atoms with Crippen molar-refractivity contribution in [3.63, 3.8) is 0 Å². The lowest BCUT2D eigenvalue weighted by molar-refractivity contribution is -0.120. The van der Waals surface area contributed by atoms with Crippen LogP contribution in [0.5, 0.6) is 0 Å². The SMILES string of the molecule is CC[C@@H](C)C(=O)Nc1ccc(S(=O)(=O)c2ccc(NC(=O)[C@@H](C)CC)cc2)cc1. The van der Waals surface area contributed by atoms with Crippen molar-refractivity contribution in [2.45, 2.75) is 50.3 Å². The Morgan fingerprint density at radius 1 is 0.724 bits per heavy atom. The van der Waals surface area contributed by atoms with Gasteiger partial charge in [-0.15, -0.1) is 0 Å². The Hall–Kier alpha value is -2.67. The number of hydrogen-bond acceptors (Lipinski definition) is 4. The summed E-state index contributed by atoms with van der Waals surface area (Å²) >= 11 is 0.